The molecule has 1 rings (SSSR count). The normalized spacial score (nSPS) is 17.7. The first-order chi connectivity index (χ1) is 7.13. The van der Waals surface area contributed by atoms with Crippen LogP contribution in [0.2, 0.25) is 0 Å². The van der Waals surface area contributed by atoms with Crippen molar-refractivity contribution in [3.63, 3.8) is 0 Å². The van der Waals surface area contributed by atoms with Gasteiger partial charge in [-0.1, -0.05) is 19.3 Å². The number of esters is 1. The zero-order valence-corrected chi connectivity index (χ0v) is 8.90. The minimum atomic E-state index is -0.966. The van der Waals surface area contributed by atoms with Crippen molar-refractivity contribution < 1.29 is 19.1 Å². The topological polar surface area (TPSA) is 78.6 Å². The van der Waals surface area contributed by atoms with Gasteiger partial charge in [0.05, 0.1) is 6.61 Å². The van der Waals surface area contributed by atoms with Crippen molar-refractivity contribution in [3.05, 3.63) is 0 Å². The average Bonchev–Trinajstić information content (AvgIpc) is 2.11. The van der Waals surface area contributed by atoms with E-state index < -0.39 is 18.2 Å². The van der Waals surface area contributed by atoms with Crippen molar-refractivity contribution in [1.82, 2.24) is 0 Å². The van der Waals surface area contributed by atoms with Crippen molar-refractivity contribution in [2.45, 2.75) is 38.6 Å². The minimum absolute atomic E-state index is 0.185. The van der Waals surface area contributed by atoms with E-state index in [0.29, 0.717) is 12.3 Å². The lowest BCUT2D eigenvalue weighted by Gasteiger charge is -2.26. The molecule has 0 bridgehead atoms. The molecule has 15 heavy (non-hydrogen) atoms. The molecule has 0 saturated heterocycles. The molecule has 2 N–H and O–H groups in total. The van der Waals surface area contributed by atoms with Crippen LogP contribution in [0.3, 0.4) is 0 Å². The van der Waals surface area contributed by atoms with E-state index in [0.717, 1.165) is 12.8 Å². The fourth-order valence-corrected chi connectivity index (χ4v) is 1.49. The van der Waals surface area contributed by atoms with Gasteiger partial charge in [0.25, 0.3) is 0 Å². The maximum absolute atomic E-state index is 11.3. The van der Waals surface area contributed by atoms with Crippen molar-refractivity contribution >= 4 is 12.1 Å². The second-order valence-electron chi connectivity index (χ2n) is 3.74. The Morgan fingerprint density at radius 2 is 2.13 bits per heavy atom. The van der Waals surface area contributed by atoms with Gasteiger partial charge < -0.3 is 15.2 Å². The van der Waals surface area contributed by atoms with Gasteiger partial charge in [-0.25, -0.2) is 9.59 Å². The van der Waals surface area contributed by atoms with Gasteiger partial charge in [-0.2, -0.15) is 0 Å². The number of ether oxygens (including phenoxy) is 2. The summed E-state index contributed by atoms with van der Waals surface area (Å²) in [6, 6.07) is -0.709. The van der Waals surface area contributed by atoms with Crippen LogP contribution < -0.4 is 5.73 Å². The first-order valence-electron chi connectivity index (χ1n) is 5.27. The summed E-state index contributed by atoms with van der Waals surface area (Å²) >= 11 is 0. The molecule has 1 aliphatic carbocycles. The van der Waals surface area contributed by atoms with E-state index >= 15 is 0 Å². The zero-order chi connectivity index (χ0) is 11.3. The van der Waals surface area contributed by atoms with Gasteiger partial charge in [0, 0.05) is 0 Å². The summed E-state index contributed by atoms with van der Waals surface area (Å²) in [7, 11) is 0. The molecule has 1 fully saturated rings. The van der Waals surface area contributed by atoms with Crippen molar-refractivity contribution in [2.75, 3.05) is 6.61 Å². The highest BCUT2D eigenvalue weighted by Crippen LogP contribution is 2.30. The van der Waals surface area contributed by atoms with Crippen LogP contribution in [0.4, 0.5) is 4.79 Å². The molecular weight excluding hydrogens is 198 g/mol. The van der Waals surface area contributed by atoms with Gasteiger partial charge in [0.1, 0.15) is 6.04 Å². The molecule has 1 aliphatic rings. The number of rotatable bonds is 4. The molecule has 0 radical (unpaired) electrons. The SMILES string of the molecule is CCOC(=O)OC(=O)[C@@H](N)CC1CCC1. The van der Waals surface area contributed by atoms with E-state index in [4.69, 9.17) is 5.73 Å². The Balaban J connectivity index is 2.22. The third-order valence-corrected chi connectivity index (χ3v) is 2.56. The molecule has 0 spiro atoms. The number of hydrogen-bond donors (Lipinski definition) is 1. The lowest BCUT2D eigenvalue weighted by atomic mass is 9.81. The van der Waals surface area contributed by atoms with E-state index in [-0.39, 0.29) is 6.61 Å². The molecule has 0 aromatic rings. The Labute approximate surface area is 88.9 Å². The molecule has 1 saturated carbocycles. The number of nitrogens with two attached hydrogens (primary N) is 1. The fourth-order valence-electron chi connectivity index (χ4n) is 1.49. The van der Waals surface area contributed by atoms with Crippen molar-refractivity contribution in [3.8, 4) is 0 Å². The van der Waals surface area contributed by atoms with Crippen LogP contribution in [0.5, 0.6) is 0 Å². The van der Waals surface area contributed by atoms with E-state index in [1.54, 1.807) is 6.92 Å². The van der Waals surface area contributed by atoms with Crippen LogP contribution in [0.15, 0.2) is 0 Å². The van der Waals surface area contributed by atoms with E-state index in [9.17, 15) is 9.59 Å². The largest absolute Gasteiger partial charge is 0.516 e. The van der Waals surface area contributed by atoms with Gasteiger partial charge in [-0.05, 0) is 19.3 Å². The highest BCUT2D eigenvalue weighted by molar-refractivity contribution is 5.85. The summed E-state index contributed by atoms with van der Waals surface area (Å²) in [5.41, 5.74) is 5.59. The minimum Gasteiger partial charge on any atom is -0.434 e. The van der Waals surface area contributed by atoms with Gasteiger partial charge >= 0.3 is 12.1 Å². The molecule has 5 nitrogen and oxygen atoms in total. The summed E-state index contributed by atoms with van der Waals surface area (Å²) < 4.78 is 8.87. The Kier molecular flexibility index (Phi) is 4.55. The summed E-state index contributed by atoms with van der Waals surface area (Å²) in [6.07, 6.45) is 3.05. The predicted molar refractivity (Wildman–Crippen MR) is 53.0 cm³/mol. The first-order valence-corrected chi connectivity index (χ1v) is 5.27. The predicted octanol–water partition coefficient (Wildman–Crippen LogP) is 1.20. The third-order valence-electron chi connectivity index (χ3n) is 2.56. The monoisotopic (exact) mass is 215 g/mol. The highest BCUT2D eigenvalue weighted by Gasteiger charge is 2.26. The van der Waals surface area contributed by atoms with Crippen LogP contribution in [0.25, 0.3) is 0 Å². The molecule has 1 atom stereocenters. The zero-order valence-electron chi connectivity index (χ0n) is 8.90. The summed E-state index contributed by atoms with van der Waals surface area (Å²) in [6.45, 7) is 1.82. The number of carbonyl (C=O) groups excluding carboxylic acids is 2. The van der Waals surface area contributed by atoms with Gasteiger partial charge in [-0.15, -0.1) is 0 Å². The molecule has 0 aromatic carbocycles. The van der Waals surface area contributed by atoms with Crippen LogP contribution >= 0.6 is 0 Å². The van der Waals surface area contributed by atoms with Crippen LogP contribution in [0.1, 0.15) is 32.6 Å². The number of hydrogen-bond acceptors (Lipinski definition) is 5. The summed E-state index contributed by atoms with van der Waals surface area (Å²) in [5.74, 6) is -0.185. The fraction of sp³-hybridized carbons (Fsp3) is 0.800. The molecule has 0 heterocycles. The Bertz CT molecular complexity index is 238. The van der Waals surface area contributed by atoms with Crippen molar-refractivity contribution in [1.29, 1.82) is 0 Å². The molecule has 5 heteroatoms. The molecule has 0 amide bonds. The maximum Gasteiger partial charge on any atom is 0.516 e. The highest BCUT2D eigenvalue weighted by atomic mass is 16.7. The average molecular weight is 215 g/mol. The standard InChI is InChI=1S/C10H17NO4/c1-2-14-10(13)15-9(12)8(11)6-7-4-3-5-7/h7-8H,2-6,11H2,1H3/t8-/m0/s1. The molecule has 0 aliphatic heterocycles. The van der Waals surface area contributed by atoms with E-state index in [1.165, 1.54) is 6.42 Å². The van der Waals surface area contributed by atoms with Crippen LogP contribution in [-0.4, -0.2) is 24.8 Å². The van der Waals surface area contributed by atoms with E-state index in [2.05, 4.69) is 9.47 Å². The Hall–Kier alpha value is -1.10. The summed E-state index contributed by atoms with van der Waals surface area (Å²) in [4.78, 5) is 22.1. The second-order valence-corrected chi connectivity index (χ2v) is 3.74. The summed E-state index contributed by atoms with van der Waals surface area (Å²) in [5, 5.41) is 0. The lowest BCUT2D eigenvalue weighted by Crippen LogP contribution is -2.36. The van der Waals surface area contributed by atoms with Gasteiger partial charge in [-0.3, -0.25) is 0 Å². The Morgan fingerprint density at radius 1 is 1.47 bits per heavy atom. The van der Waals surface area contributed by atoms with Gasteiger partial charge in [0.15, 0.2) is 0 Å². The quantitative estimate of drug-likeness (QED) is 0.563. The molecule has 0 unspecified atom stereocenters. The maximum atomic E-state index is 11.3. The third kappa shape index (κ3) is 3.87. The first kappa shape index (κ1) is 12.0. The molecular formula is C10H17NO4. The van der Waals surface area contributed by atoms with Gasteiger partial charge in [0.2, 0.25) is 0 Å². The van der Waals surface area contributed by atoms with E-state index in [1.807, 2.05) is 0 Å². The molecule has 0 aromatic heterocycles. The lowest BCUT2D eigenvalue weighted by molar-refractivity contribution is -0.141. The number of carbonyl (C=O) groups is 2. The smallest absolute Gasteiger partial charge is 0.434 e. The van der Waals surface area contributed by atoms with Crippen LogP contribution in [0, 0.1) is 5.92 Å². The second kappa shape index (κ2) is 5.70. The van der Waals surface area contributed by atoms with Crippen LogP contribution in [-0.2, 0) is 14.3 Å². The Morgan fingerprint density at radius 3 is 2.60 bits per heavy atom. The molecule has 86 valence electrons. The van der Waals surface area contributed by atoms with Crippen molar-refractivity contribution in [2.24, 2.45) is 11.7 Å².